The van der Waals surface area contributed by atoms with Crippen LogP contribution >= 0.6 is 11.3 Å². The summed E-state index contributed by atoms with van der Waals surface area (Å²) >= 11 is 1.48. The minimum atomic E-state index is -0.378. The lowest BCUT2D eigenvalue weighted by Gasteiger charge is -2.15. The van der Waals surface area contributed by atoms with Crippen molar-refractivity contribution in [3.8, 4) is 17.0 Å². The lowest BCUT2D eigenvalue weighted by Crippen LogP contribution is -2.32. The molecule has 5 rings (SSSR count). The van der Waals surface area contributed by atoms with Gasteiger partial charge >= 0.3 is 0 Å². The van der Waals surface area contributed by atoms with Crippen LogP contribution in [0.15, 0.2) is 24.3 Å². The van der Waals surface area contributed by atoms with Gasteiger partial charge in [-0.05, 0) is 74.8 Å². The number of aromatic amines is 1. The molecule has 1 fully saturated rings. The SMILES string of the molecule is Cc1ccc(-c2cc(C(=O)Nc3sc4c(c3C(=O)NCC3CCCO3)CCCC4)[nH]n2)c(O)c1. The van der Waals surface area contributed by atoms with Crippen molar-refractivity contribution in [2.45, 2.75) is 51.6 Å². The number of anilines is 1. The van der Waals surface area contributed by atoms with Crippen LogP contribution in [0.5, 0.6) is 5.75 Å². The van der Waals surface area contributed by atoms with Gasteiger partial charge in [-0.25, -0.2) is 0 Å². The molecule has 0 radical (unpaired) electrons. The Bertz CT molecular complexity index is 1230. The van der Waals surface area contributed by atoms with E-state index in [1.807, 2.05) is 13.0 Å². The van der Waals surface area contributed by atoms with Crippen molar-refractivity contribution in [3.05, 3.63) is 51.5 Å². The van der Waals surface area contributed by atoms with Crippen LogP contribution in [0, 0.1) is 6.92 Å². The Morgan fingerprint density at radius 2 is 2.06 bits per heavy atom. The first-order valence-electron chi connectivity index (χ1n) is 11.7. The number of aryl methyl sites for hydroxylation is 2. The predicted octanol–water partition coefficient (Wildman–Crippen LogP) is 4.19. The Labute approximate surface area is 201 Å². The number of nitrogens with zero attached hydrogens (tertiary/aromatic N) is 1. The summed E-state index contributed by atoms with van der Waals surface area (Å²) in [6.07, 6.45) is 5.90. The molecule has 9 heteroatoms. The average Bonchev–Trinajstić information content (AvgIpc) is 3.57. The molecule has 1 saturated heterocycles. The zero-order valence-electron chi connectivity index (χ0n) is 19.1. The first-order chi connectivity index (χ1) is 16.5. The number of phenolic OH excluding ortho intramolecular Hbond substituents is 1. The number of benzene rings is 1. The molecule has 1 aromatic carbocycles. The van der Waals surface area contributed by atoms with Crippen LogP contribution in [0.2, 0.25) is 0 Å². The van der Waals surface area contributed by atoms with Crippen LogP contribution in [0.1, 0.15) is 62.5 Å². The Morgan fingerprint density at radius 1 is 1.21 bits per heavy atom. The largest absolute Gasteiger partial charge is 0.507 e. The number of carbonyl (C=O) groups excluding carboxylic acids is 2. The second-order valence-electron chi connectivity index (χ2n) is 8.90. The number of phenols is 1. The molecule has 8 nitrogen and oxygen atoms in total. The summed E-state index contributed by atoms with van der Waals surface area (Å²) in [6, 6.07) is 6.90. The zero-order chi connectivity index (χ0) is 23.7. The monoisotopic (exact) mass is 480 g/mol. The van der Waals surface area contributed by atoms with Gasteiger partial charge in [-0.1, -0.05) is 6.07 Å². The topological polar surface area (TPSA) is 116 Å². The van der Waals surface area contributed by atoms with E-state index >= 15 is 0 Å². The van der Waals surface area contributed by atoms with Gasteiger partial charge in [0.15, 0.2) is 0 Å². The van der Waals surface area contributed by atoms with Gasteiger partial charge in [0, 0.05) is 23.6 Å². The normalized spacial score (nSPS) is 17.4. The molecule has 4 N–H and O–H groups in total. The summed E-state index contributed by atoms with van der Waals surface area (Å²) in [4.78, 5) is 27.4. The van der Waals surface area contributed by atoms with Gasteiger partial charge in [0.2, 0.25) is 0 Å². The number of rotatable bonds is 6. The molecule has 0 bridgehead atoms. The Hall–Kier alpha value is -3.17. The van der Waals surface area contributed by atoms with Gasteiger partial charge in [0.1, 0.15) is 16.4 Å². The maximum atomic E-state index is 13.2. The van der Waals surface area contributed by atoms with E-state index in [0.29, 0.717) is 28.4 Å². The third kappa shape index (κ3) is 4.58. The number of thiophene rings is 1. The molecule has 2 aromatic heterocycles. The van der Waals surface area contributed by atoms with Crippen LogP contribution in [-0.2, 0) is 17.6 Å². The van der Waals surface area contributed by atoms with Gasteiger partial charge in [0.05, 0.1) is 17.4 Å². The van der Waals surface area contributed by atoms with Crippen molar-refractivity contribution < 1.29 is 19.4 Å². The summed E-state index contributed by atoms with van der Waals surface area (Å²) in [5.74, 6) is -0.438. The molecule has 0 saturated carbocycles. The number of hydrogen-bond donors (Lipinski definition) is 4. The number of fused-ring (bicyclic) bond motifs is 1. The van der Waals surface area contributed by atoms with E-state index in [2.05, 4.69) is 20.8 Å². The minimum absolute atomic E-state index is 0.0538. The molecule has 1 aliphatic carbocycles. The highest BCUT2D eigenvalue weighted by atomic mass is 32.1. The summed E-state index contributed by atoms with van der Waals surface area (Å²) in [7, 11) is 0. The molecule has 3 aromatic rings. The highest BCUT2D eigenvalue weighted by Crippen LogP contribution is 2.38. The molecule has 3 heterocycles. The first-order valence-corrected chi connectivity index (χ1v) is 12.5. The van der Waals surface area contributed by atoms with E-state index in [9.17, 15) is 14.7 Å². The van der Waals surface area contributed by atoms with E-state index < -0.39 is 0 Å². The van der Waals surface area contributed by atoms with Crippen molar-refractivity contribution in [2.24, 2.45) is 0 Å². The van der Waals surface area contributed by atoms with Gasteiger partial charge in [0.25, 0.3) is 11.8 Å². The highest BCUT2D eigenvalue weighted by Gasteiger charge is 2.28. The number of hydrogen-bond acceptors (Lipinski definition) is 6. The fraction of sp³-hybridized carbons (Fsp3) is 0.400. The fourth-order valence-electron chi connectivity index (χ4n) is 4.60. The van der Waals surface area contributed by atoms with E-state index in [4.69, 9.17) is 4.74 Å². The summed E-state index contributed by atoms with van der Waals surface area (Å²) < 4.78 is 5.63. The quantitative estimate of drug-likeness (QED) is 0.422. The number of aromatic hydroxyl groups is 1. The molecule has 1 aliphatic heterocycles. The Kier molecular flexibility index (Phi) is 6.38. The third-order valence-corrected chi connectivity index (χ3v) is 7.60. The molecule has 1 unspecified atom stereocenters. The van der Waals surface area contributed by atoms with Crippen molar-refractivity contribution in [3.63, 3.8) is 0 Å². The summed E-state index contributed by atoms with van der Waals surface area (Å²) in [5.41, 5.74) is 3.83. The number of ether oxygens (including phenoxy) is 1. The molecule has 178 valence electrons. The Balaban J connectivity index is 1.36. The zero-order valence-corrected chi connectivity index (χ0v) is 19.9. The number of aromatic nitrogens is 2. The third-order valence-electron chi connectivity index (χ3n) is 6.39. The lowest BCUT2D eigenvalue weighted by molar-refractivity contribution is 0.0858. The highest BCUT2D eigenvalue weighted by molar-refractivity contribution is 7.17. The van der Waals surface area contributed by atoms with E-state index in [-0.39, 0.29) is 29.4 Å². The van der Waals surface area contributed by atoms with Crippen molar-refractivity contribution >= 4 is 28.2 Å². The first kappa shape index (κ1) is 22.6. The number of H-pyrrole nitrogens is 1. The predicted molar refractivity (Wildman–Crippen MR) is 131 cm³/mol. The van der Waals surface area contributed by atoms with Crippen LogP contribution in [0.3, 0.4) is 0 Å². The second-order valence-corrected chi connectivity index (χ2v) is 10.0. The van der Waals surface area contributed by atoms with Gasteiger partial charge < -0.3 is 20.5 Å². The van der Waals surface area contributed by atoms with Crippen molar-refractivity contribution in [1.29, 1.82) is 0 Å². The average molecular weight is 481 g/mol. The Morgan fingerprint density at radius 3 is 2.85 bits per heavy atom. The second kappa shape index (κ2) is 9.60. The van der Waals surface area contributed by atoms with Crippen molar-refractivity contribution in [2.75, 3.05) is 18.5 Å². The van der Waals surface area contributed by atoms with Gasteiger partial charge in [-0.3, -0.25) is 14.7 Å². The van der Waals surface area contributed by atoms with Gasteiger partial charge in [-0.2, -0.15) is 5.10 Å². The van der Waals surface area contributed by atoms with E-state index in [1.165, 1.54) is 16.2 Å². The standard InChI is InChI=1S/C25H28N4O4S/c1-14-8-9-16(20(30)11-14)18-12-19(29-28-18)23(31)27-25-22(17-6-2-3-7-21(17)34-25)24(32)26-13-15-5-4-10-33-15/h8-9,11-12,15,30H,2-7,10,13H2,1H3,(H,26,32)(H,27,31)(H,28,29). The minimum Gasteiger partial charge on any atom is -0.507 e. The lowest BCUT2D eigenvalue weighted by atomic mass is 9.95. The van der Waals surface area contributed by atoms with Crippen LogP contribution in [-0.4, -0.2) is 46.4 Å². The van der Waals surface area contributed by atoms with Crippen molar-refractivity contribution in [1.82, 2.24) is 15.5 Å². The molecule has 0 spiro atoms. The molecule has 34 heavy (non-hydrogen) atoms. The fourth-order valence-corrected chi connectivity index (χ4v) is 5.88. The van der Waals surface area contributed by atoms with E-state index in [0.717, 1.165) is 56.3 Å². The molecule has 2 aliphatic rings. The molecular weight excluding hydrogens is 452 g/mol. The molecular formula is C25H28N4O4S. The maximum Gasteiger partial charge on any atom is 0.274 e. The summed E-state index contributed by atoms with van der Waals surface area (Å²) in [6.45, 7) is 3.10. The molecule has 2 amide bonds. The van der Waals surface area contributed by atoms with Crippen LogP contribution in [0.25, 0.3) is 11.3 Å². The number of carbonyl (C=O) groups is 2. The van der Waals surface area contributed by atoms with Gasteiger partial charge in [-0.15, -0.1) is 11.3 Å². The van der Waals surface area contributed by atoms with E-state index in [1.54, 1.807) is 18.2 Å². The van der Waals surface area contributed by atoms with Crippen LogP contribution in [0.4, 0.5) is 5.00 Å². The number of nitrogens with one attached hydrogen (secondary N) is 3. The summed E-state index contributed by atoms with van der Waals surface area (Å²) in [5, 5.41) is 23.7. The number of amides is 2. The van der Waals surface area contributed by atoms with Crippen LogP contribution < -0.4 is 10.6 Å². The smallest absolute Gasteiger partial charge is 0.274 e. The molecule has 1 atom stereocenters. The maximum absolute atomic E-state index is 13.2.